The van der Waals surface area contributed by atoms with E-state index in [2.05, 4.69) is 13.5 Å². The number of unbranched alkanes of at least 4 members (excludes halogenated alkanes) is 6. The van der Waals surface area contributed by atoms with E-state index < -0.39 is 6.09 Å². The van der Waals surface area contributed by atoms with Gasteiger partial charge in [0.15, 0.2) is 0 Å². The monoisotopic (exact) mass is 359 g/mol. The second-order valence-electron chi connectivity index (χ2n) is 7.04. The molecule has 1 saturated heterocycles. The summed E-state index contributed by atoms with van der Waals surface area (Å²) in [6, 6.07) is 9.57. The van der Waals surface area contributed by atoms with Crippen molar-refractivity contribution in [3.63, 3.8) is 0 Å². The molecule has 0 spiro atoms. The van der Waals surface area contributed by atoms with Gasteiger partial charge in [0, 0.05) is 6.42 Å². The molecule has 1 aromatic rings. The molecule has 0 aromatic heterocycles. The first-order valence-corrected chi connectivity index (χ1v) is 10.0. The number of hydrogen-bond donors (Lipinski definition) is 0. The van der Waals surface area contributed by atoms with Crippen LogP contribution < -0.4 is 0 Å². The Bertz CT molecular complexity index is 531. The van der Waals surface area contributed by atoms with E-state index in [9.17, 15) is 4.79 Å². The summed E-state index contributed by atoms with van der Waals surface area (Å²) in [5, 5.41) is 1.36. The fraction of sp³-hybridized carbons (Fsp3) is 0.591. The minimum absolute atomic E-state index is 0.0814. The highest BCUT2D eigenvalue weighted by Gasteiger charge is 2.35. The van der Waals surface area contributed by atoms with Gasteiger partial charge in [-0.2, -0.15) is 5.06 Å². The summed E-state index contributed by atoms with van der Waals surface area (Å²) in [5.74, 6) is 0. The van der Waals surface area contributed by atoms with Gasteiger partial charge in [-0.3, -0.25) is 4.84 Å². The van der Waals surface area contributed by atoms with E-state index in [4.69, 9.17) is 9.57 Å². The van der Waals surface area contributed by atoms with Gasteiger partial charge in [-0.25, -0.2) is 4.79 Å². The molecule has 0 saturated carbocycles. The van der Waals surface area contributed by atoms with Crippen LogP contribution in [0.5, 0.6) is 0 Å². The van der Waals surface area contributed by atoms with Crippen LogP contribution in [0.1, 0.15) is 70.3 Å². The number of carbonyl (C=O) groups excluding carboxylic acids is 1. The summed E-state index contributed by atoms with van der Waals surface area (Å²) < 4.78 is 5.39. The van der Waals surface area contributed by atoms with Crippen molar-refractivity contribution in [3.05, 3.63) is 48.6 Å². The van der Waals surface area contributed by atoms with Gasteiger partial charge < -0.3 is 4.74 Å². The summed E-state index contributed by atoms with van der Waals surface area (Å²) in [7, 11) is 0. The molecule has 4 heteroatoms. The fourth-order valence-electron chi connectivity index (χ4n) is 3.30. The van der Waals surface area contributed by atoms with E-state index in [1.807, 2.05) is 30.3 Å². The van der Waals surface area contributed by atoms with Gasteiger partial charge in [0.2, 0.25) is 0 Å². The number of nitrogens with zero attached hydrogens (tertiary/aromatic N) is 1. The maximum absolute atomic E-state index is 12.3. The molecule has 2 atom stereocenters. The highest BCUT2D eigenvalue weighted by molar-refractivity contribution is 5.67. The van der Waals surface area contributed by atoms with Crippen molar-refractivity contribution >= 4 is 6.09 Å². The molecule has 0 aliphatic carbocycles. The number of hydroxylamine groups is 2. The first-order chi connectivity index (χ1) is 12.7. The minimum Gasteiger partial charge on any atom is -0.443 e. The first kappa shape index (κ1) is 20.5. The molecule has 1 aromatic carbocycles. The van der Waals surface area contributed by atoms with E-state index in [1.165, 1.54) is 43.6 Å². The molecule has 0 radical (unpaired) electrons. The Balaban J connectivity index is 1.68. The van der Waals surface area contributed by atoms with Crippen molar-refractivity contribution in [2.45, 2.75) is 83.5 Å². The van der Waals surface area contributed by atoms with Crippen molar-refractivity contribution in [1.82, 2.24) is 5.06 Å². The molecule has 1 aliphatic heterocycles. The molecule has 2 rings (SSSR count). The van der Waals surface area contributed by atoms with Crippen LogP contribution in [0.25, 0.3) is 0 Å². The van der Waals surface area contributed by atoms with Crippen molar-refractivity contribution in [3.8, 4) is 0 Å². The van der Waals surface area contributed by atoms with Gasteiger partial charge in [-0.15, -0.1) is 6.58 Å². The summed E-state index contributed by atoms with van der Waals surface area (Å²) in [6.07, 6.45) is 12.2. The van der Waals surface area contributed by atoms with Crippen LogP contribution >= 0.6 is 0 Å². The smallest absolute Gasteiger partial charge is 0.434 e. The number of carbonyl (C=O) groups is 1. The van der Waals surface area contributed by atoms with Crippen LogP contribution in [0.15, 0.2) is 43.0 Å². The lowest BCUT2D eigenvalue weighted by molar-refractivity contribution is -0.137. The van der Waals surface area contributed by atoms with Gasteiger partial charge in [0.25, 0.3) is 0 Å². The maximum Gasteiger partial charge on any atom is 0.434 e. The number of rotatable bonds is 11. The Labute approximate surface area is 158 Å². The topological polar surface area (TPSA) is 38.8 Å². The third kappa shape index (κ3) is 6.83. The second-order valence-corrected chi connectivity index (χ2v) is 7.04. The summed E-state index contributed by atoms with van der Waals surface area (Å²) in [6.45, 7) is 6.33. The van der Waals surface area contributed by atoms with E-state index >= 15 is 0 Å². The molecule has 26 heavy (non-hydrogen) atoms. The second kappa shape index (κ2) is 11.7. The lowest BCUT2D eigenvalue weighted by Gasteiger charge is -2.20. The number of amides is 1. The Hall–Kier alpha value is -1.81. The first-order valence-electron chi connectivity index (χ1n) is 10.0. The van der Waals surface area contributed by atoms with Gasteiger partial charge in [-0.05, 0) is 12.0 Å². The SMILES string of the molecule is C=CC1CC(CCCCCCCCC)ON1C(=O)OCc1ccccc1. The van der Waals surface area contributed by atoms with E-state index in [0.29, 0.717) is 0 Å². The quantitative estimate of drug-likeness (QED) is 0.358. The summed E-state index contributed by atoms with van der Waals surface area (Å²) in [4.78, 5) is 18.2. The van der Waals surface area contributed by atoms with Crippen LogP contribution in [0.3, 0.4) is 0 Å². The van der Waals surface area contributed by atoms with E-state index in [0.717, 1.165) is 24.8 Å². The number of hydrogen-bond acceptors (Lipinski definition) is 3. The molecule has 0 bridgehead atoms. The van der Waals surface area contributed by atoms with Gasteiger partial charge >= 0.3 is 6.09 Å². The average molecular weight is 360 g/mol. The van der Waals surface area contributed by atoms with Crippen LogP contribution in [-0.2, 0) is 16.2 Å². The third-order valence-corrected chi connectivity index (χ3v) is 4.86. The number of ether oxygens (including phenoxy) is 1. The molecule has 2 unspecified atom stereocenters. The lowest BCUT2D eigenvalue weighted by atomic mass is 10.0. The van der Waals surface area contributed by atoms with Crippen LogP contribution in [0, 0.1) is 0 Å². The van der Waals surface area contributed by atoms with Gasteiger partial charge in [0.1, 0.15) is 6.61 Å². The zero-order valence-corrected chi connectivity index (χ0v) is 16.1. The highest BCUT2D eigenvalue weighted by atomic mass is 16.7. The van der Waals surface area contributed by atoms with Crippen molar-refractivity contribution in [2.24, 2.45) is 0 Å². The molecular formula is C22H33NO3. The molecular weight excluding hydrogens is 326 g/mol. The predicted octanol–water partition coefficient (Wildman–Crippen LogP) is 6.02. The summed E-state index contributed by atoms with van der Waals surface area (Å²) in [5.41, 5.74) is 0.967. The molecule has 1 amide bonds. The maximum atomic E-state index is 12.3. The van der Waals surface area contributed by atoms with Crippen molar-refractivity contribution < 1.29 is 14.4 Å². The largest absolute Gasteiger partial charge is 0.443 e. The Morgan fingerprint density at radius 1 is 1.19 bits per heavy atom. The fourth-order valence-corrected chi connectivity index (χ4v) is 3.30. The lowest BCUT2D eigenvalue weighted by Crippen LogP contribution is -2.33. The summed E-state index contributed by atoms with van der Waals surface area (Å²) >= 11 is 0. The van der Waals surface area contributed by atoms with Gasteiger partial charge in [-0.1, -0.05) is 88.3 Å². The molecule has 1 aliphatic rings. The zero-order valence-electron chi connectivity index (χ0n) is 16.1. The molecule has 0 N–H and O–H groups in total. The van der Waals surface area contributed by atoms with Crippen LogP contribution in [0.4, 0.5) is 4.79 Å². The van der Waals surface area contributed by atoms with Gasteiger partial charge in [0.05, 0.1) is 12.1 Å². The standard InChI is InChI=1S/C22H33NO3/c1-3-5-6-7-8-9-13-16-21-17-20(4-2)23(26-21)22(24)25-18-19-14-11-10-12-15-19/h4,10-12,14-15,20-21H,2-3,5-9,13,16-18H2,1H3. The Morgan fingerprint density at radius 2 is 1.88 bits per heavy atom. The number of benzene rings is 1. The normalized spacial score (nSPS) is 19.5. The predicted molar refractivity (Wildman–Crippen MR) is 105 cm³/mol. The Kier molecular flexibility index (Phi) is 9.26. The Morgan fingerprint density at radius 3 is 2.58 bits per heavy atom. The van der Waals surface area contributed by atoms with Crippen molar-refractivity contribution in [2.75, 3.05) is 0 Å². The average Bonchev–Trinajstić information content (AvgIpc) is 3.09. The minimum atomic E-state index is -0.430. The molecule has 1 fully saturated rings. The van der Waals surface area contributed by atoms with E-state index in [-0.39, 0.29) is 18.8 Å². The van der Waals surface area contributed by atoms with Crippen LogP contribution in [0.2, 0.25) is 0 Å². The zero-order chi connectivity index (χ0) is 18.6. The third-order valence-electron chi connectivity index (χ3n) is 4.86. The highest BCUT2D eigenvalue weighted by Crippen LogP contribution is 2.27. The van der Waals surface area contributed by atoms with Crippen LogP contribution in [-0.4, -0.2) is 23.3 Å². The molecule has 1 heterocycles. The molecule has 4 nitrogen and oxygen atoms in total. The van der Waals surface area contributed by atoms with Crippen molar-refractivity contribution in [1.29, 1.82) is 0 Å². The van der Waals surface area contributed by atoms with E-state index in [1.54, 1.807) is 6.08 Å². The molecule has 144 valence electrons.